The molecule has 1 aromatic carbocycles. The van der Waals surface area contributed by atoms with Crippen molar-refractivity contribution in [2.45, 2.75) is 57.9 Å². The number of carbonyl (C=O) groups excluding carboxylic acids is 2. The summed E-state index contributed by atoms with van der Waals surface area (Å²) in [7, 11) is 5.79. The number of rotatable bonds is 14. The molecule has 1 aromatic rings. The first-order valence-electron chi connectivity index (χ1n) is 14.0. The highest BCUT2D eigenvalue weighted by atomic mass is 16.5. The SMILES string of the molecule is CCCCN(CCCN(C)C)C(=O)CN1C[C@H](c2ccc3c(c2)CCO3)C(C(=O)O)[C@@H]1CCN(C)C(C)=O. The molecule has 9 nitrogen and oxygen atoms in total. The smallest absolute Gasteiger partial charge is 0.308 e. The molecule has 2 aliphatic rings. The van der Waals surface area contributed by atoms with Gasteiger partial charge >= 0.3 is 5.97 Å². The van der Waals surface area contributed by atoms with Crippen LogP contribution in [0.1, 0.15) is 56.6 Å². The molecular formula is C29H46N4O5. The zero-order chi connectivity index (χ0) is 27.8. The lowest BCUT2D eigenvalue weighted by Crippen LogP contribution is -2.46. The molecule has 1 N–H and O–H groups in total. The number of amides is 2. The van der Waals surface area contributed by atoms with Crippen LogP contribution < -0.4 is 4.74 Å². The molecule has 0 aromatic heterocycles. The van der Waals surface area contributed by atoms with Crippen LogP contribution in [0.15, 0.2) is 18.2 Å². The Bertz CT molecular complexity index is 968. The second-order valence-corrected chi connectivity index (χ2v) is 11.1. The van der Waals surface area contributed by atoms with Crippen molar-refractivity contribution in [3.05, 3.63) is 29.3 Å². The van der Waals surface area contributed by atoms with Crippen LogP contribution >= 0.6 is 0 Å². The molecule has 3 rings (SSSR count). The van der Waals surface area contributed by atoms with E-state index in [4.69, 9.17) is 4.74 Å². The number of hydrogen-bond acceptors (Lipinski definition) is 6. The van der Waals surface area contributed by atoms with Gasteiger partial charge in [0.1, 0.15) is 5.75 Å². The van der Waals surface area contributed by atoms with E-state index in [2.05, 4.69) is 22.8 Å². The van der Waals surface area contributed by atoms with E-state index in [9.17, 15) is 19.5 Å². The fraction of sp³-hybridized carbons (Fsp3) is 0.690. The number of carboxylic acids is 1. The van der Waals surface area contributed by atoms with Crippen LogP contribution in [-0.4, -0.2) is 116 Å². The Morgan fingerprint density at radius 3 is 2.47 bits per heavy atom. The third kappa shape index (κ3) is 7.69. The number of hydrogen-bond donors (Lipinski definition) is 1. The molecule has 0 saturated carbocycles. The molecular weight excluding hydrogens is 484 g/mol. The lowest BCUT2D eigenvalue weighted by Gasteiger charge is -2.31. The van der Waals surface area contributed by atoms with Crippen LogP contribution in [0.4, 0.5) is 0 Å². The normalized spacial score (nSPS) is 20.8. The summed E-state index contributed by atoms with van der Waals surface area (Å²) in [5.74, 6) is -0.896. The van der Waals surface area contributed by atoms with Crippen LogP contribution in [-0.2, 0) is 20.8 Å². The van der Waals surface area contributed by atoms with Gasteiger partial charge in [0.2, 0.25) is 11.8 Å². The number of likely N-dealkylation sites (tertiary alicyclic amines) is 1. The monoisotopic (exact) mass is 530 g/mol. The Hall–Kier alpha value is -2.65. The number of carboxylic acid groups (broad SMARTS) is 1. The van der Waals surface area contributed by atoms with Gasteiger partial charge in [0, 0.05) is 58.5 Å². The van der Waals surface area contributed by atoms with Gasteiger partial charge in [-0.2, -0.15) is 0 Å². The van der Waals surface area contributed by atoms with Gasteiger partial charge in [0.25, 0.3) is 0 Å². The highest BCUT2D eigenvalue weighted by molar-refractivity contribution is 5.79. The van der Waals surface area contributed by atoms with Gasteiger partial charge < -0.3 is 24.5 Å². The largest absolute Gasteiger partial charge is 0.493 e. The van der Waals surface area contributed by atoms with Crippen LogP contribution in [0, 0.1) is 5.92 Å². The Labute approximate surface area is 227 Å². The lowest BCUT2D eigenvalue weighted by atomic mass is 9.83. The van der Waals surface area contributed by atoms with E-state index in [1.54, 1.807) is 11.9 Å². The maximum atomic E-state index is 13.6. The van der Waals surface area contributed by atoms with Gasteiger partial charge in [-0.15, -0.1) is 0 Å². The van der Waals surface area contributed by atoms with Crippen LogP contribution in [0.25, 0.3) is 0 Å². The van der Waals surface area contributed by atoms with Crippen molar-refractivity contribution in [1.29, 1.82) is 0 Å². The Morgan fingerprint density at radius 2 is 1.82 bits per heavy atom. The summed E-state index contributed by atoms with van der Waals surface area (Å²) in [6, 6.07) is 5.66. The molecule has 2 aliphatic heterocycles. The molecule has 9 heteroatoms. The minimum absolute atomic E-state index is 0.0503. The quantitative estimate of drug-likeness (QED) is 0.395. The third-order valence-corrected chi connectivity index (χ3v) is 7.98. The molecule has 1 saturated heterocycles. The molecule has 2 amide bonds. The van der Waals surface area contributed by atoms with Crippen molar-refractivity contribution in [3.8, 4) is 5.75 Å². The summed E-state index contributed by atoms with van der Waals surface area (Å²) < 4.78 is 5.66. The maximum absolute atomic E-state index is 13.6. The fourth-order valence-corrected chi connectivity index (χ4v) is 5.67. The minimum atomic E-state index is -0.856. The van der Waals surface area contributed by atoms with Crippen molar-refractivity contribution >= 4 is 17.8 Å². The molecule has 3 atom stereocenters. The van der Waals surface area contributed by atoms with Gasteiger partial charge in [-0.3, -0.25) is 19.3 Å². The van der Waals surface area contributed by atoms with E-state index in [1.807, 2.05) is 31.1 Å². The third-order valence-electron chi connectivity index (χ3n) is 7.98. The average Bonchev–Trinajstić information content (AvgIpc) is 3.48. The first-order chi connectivity index (χ1) is 18.1. The van der Waals surface area contributed by atoms with Crippen LogP contribution in [0.2, 0.25) is 0 Å². The number of aliphatic carboxylic acids is 1. The van der Waals surface area contributed by atoms with Gasteiger partial charge in [-0.1, -0.05) is 25.5 Å². The number of benzene rings is 1. The van der Waals surface area contributed by atoms with Gasteiger partial charge in [-0.05, 0) is 57.1 Å². The molecule has 2 heterocycles. The molecule has 38 heavy (non-hydrogen) atoms. The highest BCUT2D eigenvalue weighted by Gasteiger charge is 2.47. The van der Waals surface area contributed by atoms with E-state index >= 15 is 0 Å². The molecule has 0 spiro atoms. The predicted molar refractivity (Wildman–Crippen MR) is 147 cm³/mol. The minimum Gasteiger partial charge on any atom is -0.493 e. The van der Waals surface area contributed by atoms with Crippen molar-refractivity contribution in [3.63, 3.8) is 0 Å². The molecule has 1 fully saturated rings. The molecule has 1 unspecified atom stereocenters. The maximum Gasteiger partial charge on any atom is 0.308 e. The van der Waals surface area contributed by atoms with Gasteiger partial charge in [0.15, 0.2) is 0 Å². The van der Waals surface area contributed by atoms with E-state index in [1.165, 1.54) is 6.92 Å². The second-order valence-electron chi connectivity index (χ2n) is 11.1. The van der Waals surface area contributed by atoms with Crippen LogP contribution in [0.5, 0.6) is 5.75 Å². The molecule has 0 bridgehead atoms. The summed E-state index contributed by atoms with van der Waals surface area (Å²) in [6.07, 6.45) is 4.17. The highest BCUT2D eigenvalue weighted by Crippen LogP contribution is 2.41. The number of fused-ring (bicyclic) bond motifs is 1. The number of unbranched alkanes of at least 4 members (excludes halogenated alkanes) is 1. The summed E-state index contributed by atoms with van der Waals surface area (Å²) in [5.41, 5.74) is 2.09. The zero-order valence-corrected chi connectivity index (χ0v) is 23.8. The fourth-order valence-electron chi connectivity index (χ4n) is 5.67. The van der Waals surface area contributed by atoms with Crippen molar-refractivity contribution in [2.24, 2.45) is 5.92 Å². The standard InChI is InChI=1S/C29H46N4O5/c1-6-7-14-32(15-8-13-30(3)4)27(35)20-33-19-24(22-9-10-26-23(18-22)12-17-38-26)28(29(36)37)25(33)11-16-31(5)21(2)34/h9-10,18,24-25,28H,6-8,11-17,19-20H2,1-5H3,(H,36,37)/t24-,25+,28?/m1/s1. The number of nitrogens with zero attached hydrogens (tertiary/aromatic N) is 4. The van der Waals surface area contributed by atoms with Crippen LogP contribution in [0.3, 0.4) is 0 Å². The van der Waals surface area contributed by atoms with Crippen molar-refractivity contribution < 1.29 is 24.2 Å². The zero-order valence-electron chi connectivity index (χ0n) is 23.8. The number of carbonyl (C=O) groups is 3. The van der Waals surface area contributed by atoms with Gasteiger partial charge in [0.05, 0.1) is 19.1 Å². The van der Waals surface area contributed by atoms with Gasteiger partial charge in [-0.25, -0.2) is 0 Å². The summed E-state index contributed by atoms with van der Waals surface area (Å²) in [5, 5.41) is 10.4. The summed E-state index contributed by atoms with van der Waals surface area (Å²) in [4.78, 5) is 45.9. The topological polar surface area (TPSA) is 93.6 Å². The van der Waals surface area contributed by atoms with Crippen molar-refractivity contribution in [1.82, 2.24) is 19.6 Å². The van der Waals surface area contributed by atoms with E-state index in [-0.39, 0.29) is 30.3 Å². The van der Waals surface area contributed by atoms with Crippen molar-refractivity contribution in [2.75, 3.05) is 67.0 Å². The Kier molecular flexibility index (Phi) is 11.0. The Morgan fingerprint density at radius 1 is 1.08 bits per heavy atom. The predicted octanol–water partition coefficient (Wildman–Crippen LogP) is 2.54. The summed E-state index contributed by atoms with van der Waals surface area (Å²) >= 11 is 0. The average molecular weight is 531 g/mol. The van der Waals surface area contributed by atoms with E-state index < -0.39 is 11.9 Å². The lowest BCUT2D eigenvalue weighted by molar-refractivity contribution is -0.144. The summed E-state index contributed by atoms with van der Waals surface area (Å²) in [6.45, 7) is 7.72. The first-order valence-corrected chi connectivity index (χ1v) is 14.0. The molecule has 212 valence electrons. The Balaban J connectivity index is 1.84. The van der Waals surface area contributed by atoms with E-state index in [0.29, 0.717) is 39.2 Å². The van der Waals surface area contributed by atoms with E-state index in [0.717, 1.165) is 49.1 Å². The first kappa shape index (κ1) is 29.9. The second kappa shape index (κ2) is 13.9. The number of ether oxygens (including phenoxy) is 1. The molecule has 0 radical (unpaired) electrons. The molecule has 0 aliphatic carbocycles.